The Morgan fingerprint density at radius 1 is 1.27 bits per heavy atom. The number of ether oxygens (including phenoxy) is 2. The zero-order valence-electron chi connectivity index (χ0n) is 18.8. The summed E-state index contributed by atoms with van der Waals surface area (Å²) in [7, 11) is 0. The number of hydrogen-bond acceptors (Lipinski definition) is 9. The number of rotatable bonds is 8. The fourth-order valence-electron chi connectivity index (χ4n) is 4.17. The number of thioether (sulfide) groups is 1. The van der Waals surface area contributed by atoms with Gasteiger partial charge in [-0.25, -0.2) is 14.6 Å². The van der Waals surface area contributed by atoms with Crippen LogP contribution in [-0.2, 0) is 33.7 Å². The van der Waals surface area contributed by atoms with Crippen LogP contribution in [-0.4, -0.2) is 51.5 Å². The second kappa shape index (κ2) is 10.8. The summed E-state index contributed by atoms with van der Waals surface area (Å²) in [5, 5.41) is 3.72. The van der Waals surface area contributed by atoms with Crippen LogP contribution in [0.3, 0.4) is 0 Å². The molecule has 1 unspecified atom stereocenters. The number of esters is 1. The smallest absolute Gasteiger partial charge is 0.350 e. The van der Waals surface area contributed by atoms with Crippen LogP contribution in [0.5, 0.6) is 0 Å². The molecule has 4 rings (SSSR count). The molecule has 2 aromatic rings. The van der Waals surface area contributed by atoms with Crippen LogP contribution in [0.15, 0.2) is 9.82 Å². The Bertz CT molecular complexity index is 1090. The number of aryl methyl sites for hydroxylation is 1. The molecular weight excluding hydrogens is 464 g/mol. The third-order valence-corrected chi connectivity index (χ3v) is 7.78. The third kappa shape index (κ3) is 5.64. The number of nitrogens with zero attached hydrogens (tertiary/aromatic N) is 3. The maximum absolute atomic E-state index is 12.8. The lowest BCUT2D eigenvalue weighted by Gasteiger charge is -2.24. The highest BCUT2D eigenvalue weighted by Crippen LogP contribution is 2.30. The number of thiazole rings is 1. The van der Waals surface area contributed by atoms with Crippen molar-refractivity contribution in [2.45, 2.75) is 70.0 Å². The van der Waals surface area contributed by atoms with Crippen molar-refractivity contribution in [3.8, 4) is 0 Å². The number of carbonyl (C=O) groups excluding carboxylic acids is 2. The fourth-order valence-corrected chi connectivity index (χ4v) is 5.93. The highest BCUT2D eigenvalue weighted by atomic mass is 32.2. The fraction of sp³-hybridized carbons (Fsp3) is 0.591. The maximum atomic E-state index is 12.8. The van der Waals surface area contributed by atoms with Crippen LogP contribution in [0.2, 0.25) is 0 Å². The predicted octanol–water partition coefficient (Wildman–Crippen LogP) is 2.97. The van der Waals surface area contributed by atoms with E-state index in [4.69, 9.17) is 9.47 Å². The summed E-state index contributed by atoms with van der Waals surface area (Å²) >= 11 is 2.36. The van der Waals surface area contributed by atoms with E-state index in [0.29, 0.717) is 27.3 Å². The Labute approximate surface area is 200 Å². The third-order valence-electron chi connectivity index (χ3n) is 5.70. The van der Waals surface area contributed by atoms with E-state index in [9.17, 15) is 14.4 Å². The first kappa shape index (κ1) is 23.9. The van der Waals surface area contributed by atoms with Crippen molar-refractivity contribution < 1.29 is 19.1 Å². The molecule has 0 radical (unpaired) electrons. The quantitative estimate of drug-likeness (QED) is 0.340. The van der Waals surface area contributed by atoms with Crippen LogP contribution in [0, 0.1) is 6.92 Å². The number of aromatic nitrogens is 3. The Balaban J connectivity index is 1.44. The zero-order chi connectivity index (χ0) is 23.4. The minimum absolute atomic E-state index is 0.0704. The summed E-state index contributed by atoms with van der Waals surface area (Å²) in [6.45, 7) is 5.01. The summed E-state index contributed by atoms with van der Waals surface area (Å²) in [6, 6.07) is 0. The van der Waals surface area contributed by atoms with E-state index in [1.807, 2.05) is 0 Å². The molecule has 1 aliphatic carbocycles. The second-order valence-electron chi connectivity index (χ2n) is 8.07. The van der Waals surface area contributed by atoms with E-state index in [1.165, 1.54) is 11.8 Å². The lowest BCUT2D eigenvalue weighted by Crippen LogP contribution is -2.34. The molecular formula is C22H28N4O5S2. The van der Waals surface area contributed by atoms with Gasteiger partial charge < -0.3 is 14.8 Å². The van der Waals surface area contributed by atoms with E-state index in [1.54, 1.807) is 18.4 Å². The minimum Gasteiger partial charge on any atom is -0.462 e. The van der Waals surface area contributed by atoms with Gasteiger partial charge >= 0.3 is 11.7 Å². The molecule has 33 heavy (non-hydrogen) atoms. The second-order valence-corrected chi connectivity index (χ2v) is 10.0. The van der Waals surface area contributed by atoms with Gasteiger partial charge in [-0.2, -0.15) is 4.98 Å². The highest BCUT2D eigenvalue weighted by Gasteiger charge is 2.25. The first-order valence-corrected chi connectivity index (χ1v) is 13.1. The largest absolute Gasteiger partial charge is 0.462 e. The van der Waals surface area contributed by atoms with Gasteiger partial charge in [-0.15, -0.1) is 0 Å². The molecule has 0 spiro atoms. The molecule has 0 saturated carbocycles. The van der Waals surface area contributed by atoms with Gasteiger partial charge in [0, 0.05) is 17.9 Å². The van der Waals surface area contributed by atoms with Gasteiger partial charge in [-0.3, -0.25) is 9.36 Å². The number of carbonyl (C=O) groups is 2. The number of amides is 1. The van der Waals surface area contributed by atoms with Gasteiger partial charge in [-0.1, -0.05) is 23.1 Å². The average Bonchev–Trinajstić information content (AvgIpc) is 3.44. The van der Waals surface area contributed by atoms with Crippen molar-refractivity contribution in [1.82, 2.24) is 14.5 Å². The van der Waals surface area contributed by atoms with E-state index in [-0.39, 0.29) is 30.1 Å². The van der Waals surface area contributed by atoms with Gasteiger partial charge in [0.2, 0.25) is 5.91 Å². The number of fused-ring (bicyclic) bond motifs is 1. The van der Waals surface area contributed by atoms with Gasteiger partial charge in [0.25, 0.3) is 0 Å². The Hall–Kier alpha value is -2.24. The number of anilines is 1. The van der Waals surface area contributed by atoms with Crippen molar-refractivity contribution in [3.05, 3.63) is 32.3 Å². The van der Waals surface area contributed by atoms with Gasteiger partial charge in [0.1, 0.15) is 9.90 Å². The van der Waals surface area contributed by atoms with Crippen LogP contribution in [0.4, 0.5) is 5.13 Å². The molecule has 0 aromatic carbocycles. The van der Waals surface area contributed by atoms with E-state index >= 15 is 0 Å². The summed E-state index contributed by atoms with van der Waals surface area (Å²) < 4.78 is 12.5. The van der Waals surface area contributed by atoms with Crippen molar-refractivity contribution in [2.24, 2.45) is 0 Å². The average molecular weight is 493 g/mol. The maximum Gasteiger partial charge on any atom is 0.350 e. The topological polar surface area (TPSA) is 112 Å². The number of nitrogens with one attached hydrogen (secondary N) is 1. The molecule has 11 heteroatoms. The predicted molar refractivity (Wildman–Crippen MR) is 126 cm³/mol. The van der Waals surface area contributed by atoms with Crippen molar-refractivity contribution in [3.63, 3.8) is 0 Å². The highest BCUT2D eigenvalue weighted by molar-refractivity contribution is 8.00. The van der Waals surface area contributed by atoms with E-state index in [2.05, 4.69) is 15.3 Å². The monoisotopic (exact) mass is 492 g/mol. The summed E-state index contributed by atoms with van der Waals surface area (Å²) in [5.41, 5.74) is 2.36. The molecule has 1 atom stereocenters. The first-order valence-electron chi connectivity index (χ1n) is 11.3. The lowest BCUT2D eigenvalue weighted by molar-refractivity contribution is -0.113. The molecule has 1 N–H and O–H groups in total. The Kier molecular flexibility index (Phi) is 7.82. The van der Waals surface area contributed by atoms with Gasteiger partial charge in [0.05, 0.1) is 30.7 Å². The van der Waals surface area contributed by atoms with Crippen LogP contribution >= 0.6 is 23.1 Å². The molecule has 1 fully saturated rings. The van der Waals surface area contributed by atoms with Gasteiger partial charge in [0.15, 0.2) is 5.13 Å². The van der Waals surface area contributed by atoms with Crippen molar-refractivity contribution >= 4 is 40.1 Å². The summed E-state index contributed by atoms with van der Waals surface area (Å²) in [5.74, 6) is -0.608. The summed E-state index contributed by atoms with van der Waals surface area (Å²) in [4.78, 5) is 46.3. The molecule has 3 heterocycles. The number of hydrogen-bond donors (Lipinski definition) is 1. The molecule has 2 aromatic heterocycles. The normalized spacial score (nSPS) is 17.6. The van der Waals surface area contributed by atoms with Crippen molar-refractivity contribution in [2.75, 3.05) is 24.3 Å². The van der Waals surface area contributed by atoms with E-state index < -0.39 is 5.97 Å². The van der Waals surface area contributed by atoms with Crippen LogP contribution in [0.25, 0.3) is 0 Å². The summed E-state index contributed by atoms with van der Waals surface area (Å²) in [6.07, 6.45) is 5.84. The molecule has 178 valence electrons. The minimum atomic E-state index is -0.443. The molecule has 1 aliphatic heterocycles. The van der Waals surface area contributed by atoms with Gasteiger partial charge in [-0.05, 0) is 52.4 Å². The first-order chi connectivity index (χ1) is 16.0. The van der Waals surface area contributed by atoms with Crippen LogP contribution < -0.4 is 11.0 Å². The standard InChI is InChI=1S/C22H28N4O5S2/c1-3-30-20(28)18-13(2)23-21(33-18)24-17(27)12-32-19-15-8-4-5-9-16(15)26(22(29)25-19)11-14-7-6-10-31-14/h14H,3-12H2,1-2H3,(H,23,24,27). The molecule has 1 amide bonds. The Morgan fingerprint density at radius 2 is 2.09 bits per heavy atom. The lowest BCUT2D eigenvalue weighted by atomic mass is 9.97. The molecule has 1 saturated heterocycles. The molecule has 9 nitrogen and oxygen atoms in total. The van der Waals surface area contributed by atoms with E-state index in [0.717, 1.165) is 67.7 Å². The Morgan fingerprint density at radius 3 is 2.85 bits per heavy atom. The van der Waals surface area contributed by atoms with Crippen LogP contribution in [0.1, 0.15) is 59.2 Å². The molecule has 0 bridgehead atoms. The van der Waals surface area contributed by atoms with Crippen molar-refractivity contribution in [1.29, 1.82) is 0 Å². The SMILES string of the molecule is CCOC(=O)c1sc(NC(=O)CSc2nc(=O)n(CC3CCCO3)c3c2CCCC3)nc1C. The zero-order valence-corrected chi connectivity index (χ0v) is 20.5. The molecule has 2 aliphatic rings.